The molecule has 2 heterocycles. The molecule has 2 aliphatic heterocycles. The molecule has 6 amide bonds. The molecule has 2 aliphatic rings. The minimum Gasteiger partial charge on any atom is -0.448 e. The van der Waals surface area contributed by atoms with Crippen molar-refractivity contribution in [2.75, 3.05) is 32.8 Å². The summed E-state index contributed by atoms with van der Waals surface area (Å²) < 4.78 is 5.02. The van der Waals surface area contributed by atoms with Crippen molar-refractivity contribution in [3.8, 4) is 0 Å². The molecule has 2 rings (SSSR count). The van der Waals surface area contributed by atoms with E-state index in [2.05, 4.69) is 27.8 Å². The van der Waals surface area contributed by atoms with E-state index in [4.69, 9.17) is 4.74 Å². The smallest absolute Gasteiger partial charge is 0.410 e. The molecule has 2 fully saturated rings. The number of urea groups is 1. The molecule has 5 atom stereocenters. The van der Waals surface area contributed by atoms with Crippen LogP contribution >= 0.6 is 0 Å². The van der Waals surface area contributed by atoms with E-state index in [1.165, 1.54) is 11.0 Å². The number of hydrogen-bond acceptors (Lipinski definition) is 7. The van der Waals surface area contributed by atoms with E-state index in [-0.39, 0.29) is 37.3 Å². The van der Waals surface area contributed by atoms with Crippen LogP contribution < -0.4 is 21.3 Å². The number of cyclic esters (lactones) is 1. The highest BCUT2D eigenvalue weighted by Gasteiger charge is 2.47. The maximum absolute atomic E-state index is 14.3. The maximum Gasteiger partial charge on any atom is 0.410 e. The van der Waals surface area contributed by atoms with Crippen LogP contribution in [0.15, 0.2) is 12.7 Å². The van der Waals surface area contributed by atoms with Crippen LogP contribution in [0.1, 0.15) is 81.1 Å². The Morgan fingerprint density at radius 2 is 1.72 bits per heavy atom. The Kier molecular flexibility index (Phi) is 14.5. The Balaban J connectivity index is 2.29. The lowest BCUT2D eigenvalue weighted by Crippen LogP contribution is -2.62. The van der Waals surface area contributed by atoms with Gasteiger partial charge in [-0.1, -0.05) is 74.3 Å². The Morgan fingerprint density at radius 3 is 2.24 bits per heavy atom. The number of carbonyl (C=O) groups excluding carboxylic acids is 6. The van der Waals surface area contributed by atoms with Gasteiger partial charge in [0, 0.05) is 19.6 Å². The largest absolute Gasteiger partial charge is 0.448 e. The fraction of sp³-hybridized carbons (Fsp3) is 0.758. The second-order valence-electron chi connectivity index (χ2n) is 14.1. The standard InChI is InChI=1S/C33H56N6O7/c1-10-12-13-23(26(40)29(42)34-15-11-2)35-28(41)25-22(20(3)4)14-16-39(25)30(43)27(33(7,8)9)37-31(44)36-24(21(5)6)19-38-17-18-46-32(38)45/h11,20-25,27H,2,10,12-19H2,1,3-9H3,(H,34,42)(H,35,41)(H2,36,37,44)/t22-,23?,24-,25+,27-/m1/s1. The molecule has 0 aromatic heterocycles. The Morgan fingerprint density at radius 1 is 1.04 bits per heavy atom. The third-order valence-electron chi connectivity index (χ3n) is 8.73. The first-order valence-corrected chi connectivity index (χ1v) is 16.6. The van der Waals surface area contributed by atoms with Crippen LogP contribution in [0, 0.1) is 23.2 Å². The van der Waals surface area contributed by atoms with Gasteiger partial charge in [0.1, 0.15) is 18.7 Å². The first-order chi connectivity index (χ1) is 21.5. The molecule has 0 bridgehead atoms. The molecule has 0 aliphatic carbocycles. The van der Waals surface area contributed by atoms with Crippen LogP contribution in [0.25, 0.3) is 0 Å². The molecule has 1 unspecified atom stereocenters. The summed E-state index contributed by atoms with van der Waals surface area (Å²) in [4.78, 5) is 82.1. The number of unbranched alkanes of at least 4 members (excludes halogenated alkanes) is 1. The zero-order valence-electron chi connectivity index (χ0n) is 28.9. The summed E-state index contributed by atoms with van der Waals surface area (Å²) in [7, 11) is 0. The Labute approximate surface area is 274 Å². The third-order valence-corrected chi connectivity index (χ3v) is 8.73. The number of nitrogens with one attached hydrogen (secondary N) is 4. The molecule has 0 spiro atoms. The number of nitrogens with zero attached hydrogens (tertiary/aromatic N) is 2. The summed E-state index contributed by atoms with van der Waals surface area (Å²) in [6.07, 6.45) is 3.27. The zero-order valence-corrected chi connectivity index (χ0v) is 28.9. The fourth-order valence-electron chi connectivity index (χ4n) is 5.85. The number of Topliss-reactive ketones (excluding diaryl/α,β-unsaturated/α-hetero) is 1. The number of hydrogen-bond donors (Lipinski definition) is 4. The quantitative estimate of drug-likeness (QED) is 0.147. The van der Waals surface area contributed by atoms with Crippen LogP contribution in [0.5, 0.6) is 0 Å². The first kappa shape index (κ1) is 38.5. The number of likely N-dealkylation sites (tertiary alicyclic amines) is 1. The van der Waals surface area contributed by atoms with Crippen LogP contribution in [0.3, 0.4) is 0 Å². The summed E-state index contributed by atoms with van der Waals surface area (Å²) in [6, 6.07) is -3.86. The maximum atomic E-state index is 14.3. The predicted octanol–water partition coefficient (Wildman–Crippen LogP) is 2.60. The molecule has 0 saturated carbocycles. The highest BCUT2D eigenvalue weighted by Crippen LogP contribution is 2.33. The summed E-state index contributed by atoms with van der Waals surface area (Å²) in [5.41, 5.74) is -0.722. The molecule has 260 valence electrons. The van der Waals surface area contributed by atoms with Crippen LogP contribution in [0.2, 0.25) is 0 Å². The fourth-order valence-corrected chi connectivity index (χ4v) is 5.85. The van der Waals surface area contributed by atoms with E-state index in [1.807, 2.05) is 55.4 Å². The van der Waals surface area contributed by atoms with Crippen molar-refractivity contribution >= 4 is 35.6 Å². The molecule has 4 N–H and O–H groups in total. The Hall–Kier alpha value is -3.64. The van der Waals surface area contributed by atoms with Crippen molar-refractivity contribution in [3.63, 3.8) is 0 Å². The third kappa shape index (κ3) is 10.4. The van der Waals surface area contributed by atoms with Gasteiger partial charge in [-0.05, 0) is 36.0 Å². The van der Waals surface area contributed by atoms with Gasteiger partial charge in [0.15, 0.2) is 0 Å². The normalized spacial score (nSPS) is 20.2. The molecule has 0 radical (unpaired) electrons. The molecule has 46 heavy (non-hydrogen) atoms. The van der Waals surface area contributed by atoms with E-state index >= 15 is 0 Å². The monoisotopic (exact) mass is 648 g/mol. The minimum atomic E-state index is -1.04. The van der Waals surface area contributed by atoms with Crippen LogP contribution in [-0.2, 0) is 23.9 Å². The molecule has 13 nitrogen and oxygen atoms in total. The van der Waals surface area contributed by atoms with Crippen molar-refractivity contribution < 1.29 is 33.5 Å². The van der Waals surface area contributed by atoms with E-state index in [0.29, 0.717) is 32.5 Å². The molecule has 0 aromatic carbocycles. The number of ether oxygens (including phenoxy) is 1. The lowest BCUT2D eigenvalue weighted by Gasteiger charge is -2.37. The lowest BCUT2D eigenvalue weighted by atomic mass is 9.84. The zero-order chi connectivity index (χ0) is 34.8. The molecular formula is C33H56N6O7. The molecule has 13 heteroatoms. The summed E-state index contributed by atoms with van der Waals surface area (Å²) in [5.74, 6) is -2.61. The van der Waals surface area contributed by atoms with Crippen molar-refractivity contribution in [2.24, 2.45) is 23.2 Å². The summed E-state index contributed by atoms with van der Waals surface area (Å²) in [5, 5.41) is 11.1. The van der Waals surface area contributed by atoms with Crippen molar-refractivity contribution in [1.29, 1.82) is 0 Å². The van der Waals surface area contributed by atoms with Crippen molar-refractivity contribution in [2.45, 2.75) is 105 Å². The van der Waals surface area contributed by atoms with Crippen molar-refractivity contribution in [3.05, 3.63) is 12.7 Å². The molecular weight excluding hydrogens is 592 g/mol. The SMILES string of the molecule is C=CCNC(=O)C(=O)C(CCCC)NC(=O)[C@@H]1[C@@H](C(C)C)CCN1C(=O)[C@@H](NC(=O)N[C@H](CN1CCOC1=O)C(C)C)C(C)(C)C. The second kappa shape index (κ2) is 17.3. The molecule has 2 saturated heterocycles. The predicted molar refractivity (Wildman–Crippen MR) is 175 cm³/mol. The van der Waals surface area contributed by atoms with Gasteiger partial charge in [-0.15, -0.1) is 6.58 Å². The lowest BCUT2D eigenvalue weighted by molar-refractivity contribution is -0.144. The van der Waals surface area contributed by atoms with Gasteiger partial charge in [-0.3, -0.25) is 19.2 Å². The average Bonchev–Trinajstić information content (AvgIpc) is 3.61. The first-order valence-electron chi connectivity index (χ1n) is 16.6. The number of carbonyl (C=O) groups is 6. The van der Waals surface area contributed by atoms with Gasteiger partial charge >= 0.3 is 12.1 Å². The highest BCUT2D eigenvalue weighted by molar-refractivity contribution is 6.38. The number of rotatable bonds is 16. The van der Waals surface area contributed by atoms with Gasteiger partial charge in [0.25, 0.3) is 5.91 Å². The van der Waals surface area contributed by atoms with E-state index in [0.717, 1.165) is 6.42 Å². The second-order valence-corrected chi connectivity index (χ2v) is 14.1. The average molecular weight is 649 g/mol. The molecule has 0 aromatic rings. The highest BCUT2D eigenvalue weighted by atomic mass is 16.6. The van der Waals surface area contributed by atoms with Gasteiger partial charge < -0.3 is 35.8 Å². The van der Waals surface area contributed by atoms with E-state index < -0.39 is 65.2 Å². The topological polar surface area (TPSA) is 166 Å². The van der Waals surface area contributed by atoms with Crippen molar-refractivity contribution in [1.82, 2.24) is 31.1 Å². The van der Waals surface area contributed by atoms with E-state index in [9.17, 15) is 28.8 Å². The van der Waals surface area contributed by atoms with Crippen LogP contribution in [-0.4, -0.2) is 102 Å². The van der Waals surface area contributed by atoms with Gasteiger partial charge in [0.05, 0.1) is 18.6 Å². The Bertz CT molecular complexity index is 1120. The van der Waals surface area contributed by atoms with Gasteiger partial charge in [-0.25, -0.2) is 9.59 Å². The van der Waals surface area contributed by atoms with Crippen LogP contribution in [0.4, 0.5) is 9.59 Å². The number of amides is 6. The van der Waals surface area contributed by atoms with E-state index in [1.54, 1.807) is 4.90 Å². The van der Waals surface area contributed by atoms with Gasteiger partial charge in [0.2, 0.25) is 17.6 Å². The summed E-state index contributed by atoms with van der Waals surface area (Å²) >= 11 is 0. The number of ketones is 1. The minimum absolute atomic E-state index is 0.0105. The summed E-state index contributed by atoms with van der Waals surface area (Å²) in [6.45, 7) is 20.3. The van der Waals surface area contributed by atoms with Gasteiger partial charge in [-0.2, -0.15) is 0 Å².